The predicted molar refractivity (Wildman–Crippen MR) is 50.9 cm³/mol. The topological polar surface area (TPSA) is 53.6 Å². The van der Waals surface area contributed by atoms with Gasteiger partial charge in [0.2, 0.25) is 0 Å². The van der Waals surface area contributed by atoms with Gasteiger partial charge >= 0.3 is 0 Å². The molecule has 0 aromatic carbocycles. The Bertz CT molecular complexity index is 280. The summed E-state index contributed by atoms with van der Waals surface area (Å²) >= 11 is 0. The fourth-order valence-electron chi connectivity index (χ4n) is 1.16. The lowest BCUT2D eigenvalue weighted by molar-refractivity contribution is 0.543. The molecule has 0 spiro atoms. The quantitative estimate of drug-likeness (QED) is 0.673. The Morgan fingerprint density at radius 1 is 1.69 bits per heavy atom. The number of nitrogens with one attached hydrogen (secondary N) is 2. The predicted octanol–water partition coefficient (Wildman–Crippen LogP) is 0.869. The lowest BCUT2D eigenvalue weighted by Crippen LogP contribution is -2.16. The minimum absolute atomic E-state index is 0.250. The largest absolute Gasteiger partial charge is 0.312 e. The molecule has 0 radical (unpaired) electrons. The molecule has 0 amide bonds. The summed E-state index contributed by atoms with van der Waals surface area (Å²) in [6.45, 7) is 1.85. The number of H-pyrrole nitrogens is 1. The van der Waals surface area contributed by atoms with E-state index in [1.807, 2.05) is 14.0 Å². The minimum atomic E-state index is 0.250. The molecule has 1 heterocycles. The molecule has 4 nitrogen and oxygen atoms in total. The highest BCUT2D eigenvalue weighted by molar-refractivity contribution is 5.02. The van der Waals surface area contributed by atoms with Crippen LogP contribution in [0.15, 0.2) is 6.20 Å². The van der Waals surface area contributed by atoms with E-state index < -0.39 is 0 Å². The first-order valence-electron chi connectivity index (χ1n) is 4.31. The lowest BCUT2D eigenvalue weighted by Gasteiger charge is -2.10. The average Bonchev–Trinajstić information content (AvgIpc) is 2.65. The monoisotopic (exact) mass is 178 g/mol. The molecule has 0 saturated heterocycles. The Hall–Kier alpha value is -1.34. The van der Waals surface area contributed by atoms with E-state index in [1.165, 1.54) is 0 Å². The number of hydrogen-bond donors (Lipinski definition) is 2. The van der Waals surface area contributed by atoms with Crippen molar-refractivity contribution in [1.29, 1.82) is 0 Å². The van der Waals surface area contributed by atoms with Gasteiger partial charge in [-0.2, -0.15) is 15.4 Å². The second-order valence-corrected chi connectivity index (χ2v) is 2.70. The molecule has 2 N–H and O–H groups in total. The third kappa shape index (κ3) is 2.88. The van der Waals surface area contributed by atoms with E-state index >= 15 is 0 Å². The zero-order valence-corrected chi connectivity index (χ0v) is 7.96. The maximum absolute atomic E-state index is 4.02. The van der Waals surface area contributed by atoms with Crippen LogP contribution in [0.4, 0.5) is 0 Å². The van der Waals surface area contributed by atoms with E-state index in [1.54, 1.807) is 6.20 Å². The fourth-order valence-corrected chi connectivity index (χ4v) is 1.16. The van der Waals surface area contributed by atoms with Crippen LogP contribution < -0.4 is 5.32 Å². The molecule has 0 aliphatic rings. The van der Waals surface area contributed by atoms with Crippen molar-refractivity contribution in [2.75, 3.05) is 7.05 Å². The number of aromatic amines is 1. The molecule has 0 aliphatic heterocycles. The van der Waals surface area contributed by atoms with Crippen molar-refractivity contribution in [2.45, 2.75) is 25.8 Å². The van der Waals surface area contributed by atoms with E-state index in [0.717, 1.165) is 18.5 Å². The Kier molecular flexibility index (Phi) is 4.00. The van der Waals surface area contributed by atoms with Gasteiger partial charge in [-0.25, -0.2) is 0 Å². The highest BCUT2D eigenvalue weighted by Crippen LogP contribution is 2.13. The van der Waals surface area contributed by atoms with Crippen molar-refractivity contribution in [3.8, 4) is 11.8 Å². The van der Waals surface area contributed by atoms with Crippen molar-refractivity contribution in [3.63, 3.8) is 0 Å². The molecular formula is C9H14N4. The minimum Gasteiger partial charge on any atom is -0.312 e. The maximum Gasteiger partial charge on any atom is 0.0994 e. The van der Waals surface area contributed by atoms with Gasteiger partial charge in [-0.1, -0.05) is 0 Å². The number of rotatable bonds is 4. The molecule has 1 atom stereocenters. The second kappa shape index (κ2) is 5.33. The van der Waals surface area contributed by atoms with Gasteiger partial charge in [-0.05, 0) is 20.4 Å². The van der Waals surface area contributed by atoms with Crippen LogP contribution in [0.1, 0.15) is 31.5 Å². The van der Waals surface area contributed by atoms with Gasteiger partial charge in [-0.3, -0.25) is 0 Å². The first kappa shape index (κ1) is 9.75. The van der Waals surface area contributed by atoms with Crippen molar-refractivity contribution in [2.24, 2.45) is 0 Å². The summed E-state index contributed by atoms with van der Waals surface area (Å²) in [4.78, 5) is 0. The first-order valence-corrected chi connectivity index (χ1v) is 4.31. The molecular weight excluding hydrogens is 164 g/mol. The van der Waals surface area contributed by atoms with Gasteiger partial charge in [0.1, 0.15) is 0 Å². The molecule has 0 bridgehead atoms. The normalized spacial score (nSPS) is 11.8. The fraction of sp³-hybridized carbons (Fsp3) is 0.556. The zero-order chi connectivity index (χ0) is 9.52. The molecule has 70 valence electrons. The van der Waals surface area contributed by atoms with Gasteiger partial charge in [-0.15, -0.1) is 11.8 Å². The number of hydrogen-bond acceptors (Lipinski definition) is 3. The van der Waals surface area contributed by atoms with Gasteiger partial charge in [0, 0.05) is 6.42 Å². The van der Waals surface area contributed by atoms with Crippen LogP contribution in [-0.4, -0.2) is 22.5 Å². The summed E-state index contributed by atoms with van der Waals surface area (Å²) in [7, 11) is 1.92. The summed E-state index contributed by atoms with van der Waals surface area (Å²) in [5.41, 5.74) is 0.945. The van der Waals surface area contributed by atoms with E-state index in [0.29, 0.717) is 0 Å². The van der Waals surface area contributed by atoms with Crippen LogP contribution in [0, 0.1) is 11.8 Å². The molecule has 4 heteroatoms. The summed E-state index contributed by atoms with van der Waals surface area (Å²) < 4.78 is 0. The second-order valence-electron chi connectivity index (χ2n) is 2.70. The molecule has 1 aromatic rings. The zero-order valence-electron chi connectivity index (χ0n) is 7.96. The van der Waals surface area contributed by atoms with Crippen molar-refractivity contribution in [1.82, 2.24) is 20.7 Å². The van der Waals surface area contributed by atoms with Gasteiger partial charge in [0.25, 0.3) is 0 Å². The standard InChI is InChI=1S/C9H14N4/c1-3-4-5-6-8(10-2)9-7-11-13-12-9/h7-8,10H,5-6H2,1-2H3,(H,11,12,13). The summed E-state index contributed by atoms with van der Waals surface area (Å²) in [6.07, 6.45) is 3.58. The lowest BCUT2D eigenvalue weighted by atomic mass is 10.1. The highest BCUT2D eigenvalue weighted by Gasteiger charge is 2.10. The van der Waals surface area contributed by atoms with Gasteiger partial charge < -0.3 is 5.32 Å². The summed E-state index contributed by atoms with van der Waals surface area (Å²) in [5, 5.41) is 13.6. The molecule has 0 saturated carbocycles. The van der Waals surface area contributed by atoms with Crippen molar-refractivity contribution in [3.05, 3.63) is 11.9 Å². The Morgan fingerprint density at radius 3 is 3.08 bits per heavy atom. The molecule has 1 unspecified atom stereocenters. The molecule has 13 heavy (non-hydrogen) atoms. The molecule has 1 rings (SSSR count). The Labute approximate surface area is 78.1 Å². The molecule has 1 aromatic heterocycles. The van der Waals surface area contributed by atoms with E-state index in [9.17, 15) is 0 Å². The maximum atomic E-state index is 4.02. The van der Waals surface area contributed by atoms with E-state index in [-0.39, 0.29) is 6.04 Å². The van der Waals surface area contributed by atoms with Crippen molar-refractivity contribution < 1.29 is 0 Å². The van der Waals surface area contributed by atoms with E-state index in [2.05, 4.69) is 32.6 Å². The van der Waals surface area contributed by atoms with Crippen LogP contribution >= 0.6 is 0 Å². The van der Waals surface area contributed by atoms with Crippen LogP contribution in [-0.2, 0) is 0 Å². The van der Waals surface area contributed by atoms with Crippen LogP contribution in [0.2, 0.25) is 0 Å². The Morgan fingerprint density at radius 2 is 2.54 bits per heavy atom. The SMILES string of the molecule is CC#CCCC(NC)c1cn[nH]n1. The van der Waals surface area contributed by atoms with Crippen LogP contribution in [0.25, 0.3) is 0 Å². The summed E-state index contributed by atoms with van der Waals surface area (Å²) in [6, 6.07) is 0.250. The number of aromatic nitrogens is 3. The smallest absolute Gasteiger partial charge is 0.0994 e. The first-order chi connectivity index (χ1) is 6.38. The highest BCUT2D eigenvalue weighted by atomic mass is 15.3. The van der Waals surface area contributed by atoms with E-state index in [4.69, 9.17) is 0 Å². The van der Waals surface area contributed by atoms with Gasteiger partial charge in [0.15, 0.2) is 0 Å². The number of nitrogens with zero attached hydrogens (tertiary/aromatic N) is 2. The third-order valence-electron chi connectivity index (χ3n) is 1.87. The summed E-state index contributed by atoms with van der Waals surface area (Å²) in [5.74, 6) is 5.90. The molecule has 0 aliphatic carbocycles. The van der Waals surface area contributed by atoms with Crippen molar-refractivity contribution >= 4 is 0 Å². The van der Waals surface area contributed by atoms with Crippen LogP contribution in [0.5, 0.6) is 0 Å². The molecule has 0 fully saturated rings. The Balaban J connectivity index is 2.47. The van der Waals surface area contributed by atoms with Crippen LogP contribution in [0.3, 0.4) is 0 Å². The third-order valence-corrected chi connectivity index (χ3v) is 1.87. The van der Waals surface area contributed by atoms with Gasteiger partial charge in [0.05, 0.1) is 17.9 Å². The average molecular weight is 178 g/mol.